The molecule has 0 aliphatic rings. The average molecular weight is 273 g/mol. The lowest BCUT2D eigenvalue weighted by Crippen LogP contribution is -2.25. The van der Waals surface area contributed by atoms with Crippen LogP contribution in [0.3, 0.4) is 0 Å². The van der Waals surface area contributed by atoms with Gasteiger partial charge in [-0.15, -0.1) is 0 Å². The van der Waals surface area contributed by atoms with Crippen molar-refractivity contribution in [3.63, 3.8) is 0 Å². The molecule has 0 atom stereocenters. The molecule has 5 heteroatoms. The lowest BCUT2D eigenvalue weighted by atomic mass is 10.1. The van der Waals surface area contributed by atoms with Crippen LogP contribution in [0.1, 0.15) is 22.5 Å². The molecule has 0 aliphatic heterocycles. The second-order valence-corrected chi connectivity index (χ2v) is 4.68. The van der Waals surface area contributed by atoms with Crippen molar-refractivity contribution < 1.29 is 9.53 Å². The van der Waals surface area contributed by atoms with Crippen LogP contribution in [0.5, 0.6) is 5.75 Å². The number of aryl methyl sites for hydroxylation is 2. The third-order valence-electron chi connectivity index (χ3n) is 3.29. The van der Waals surface area contributed by atoms with Crippen molar-refractivity contribution in [1.82, 2.24) is 15.5 Å². The molecule has 0 saturated carbocycles. The molecule has 2 aromatic rings. The minimum atomic E-state index is -0.0245. The number of nitrogens with zero attached hydrogens (tertiary/aromatic N) is 1. The van der Waals surface area contributed by atoms with Gasteiger partial charge in [0.2, 0.25) is 5.91 Å². The summed E-state index contributed by atoms with van der Waals surface area (Å²) in [5, 5.41) is 9.88. The number of aromatic amines is 1. The Morgan fingerprint density at radius 2 is 2.10 bits per heavy atom. The first-order valence-corrected chi connectivity index (χ1v) is 6.51. The summed E-state index contributed by atoms with van der Waals surface area (Å²) in [4.78, 5) is 12.0. The second-order valence-electron chi connectivity index (χ2n) is 4.68. The van der Waals surface area contributed by atoms with Crippen molar-refractivity contribution in [2.24, 2.45) is 0 Å². The number of H-pyrrole nitrogens is 1. The maximum atomic E-state index is 12.0. The first kappa shape index (κ1) is 14.1. The topological polar surface area (TPSA) is 67.0 Å². The van der Waals surface area contributed by atoms with Crippen LogP contribution in [0.25, 0.3) is 0 Å². The number of carbonyl (C=O) groups is 1. The lowest BCUT2D eigenvalue weighted by Gasteiger charge is -2.09. The highest BCUT2D eigenvalue weighted by molar-refractivity contribution is 5.79. The van der Waals surface area contributed by atoms with E-state index in [1.165, 1.54) is 0 Å². The number of ether oxygens (including phenoxy) is 1. The van der Waals surface area contributed by atoms with Gasteiger partial charge in [-0.3, -0.25) is 9.89 Å². The van der Waals surface area contributed by atoms with Crippen LogP contribution in [0.15, 0.2) is 24.3 Å². The molecule has 5 nitrogen and oxygen atoms in total. The van der Waals surface area contributed by atoms with Crippen molar-refractivity contribution in [3.8, 4) is 5.75 Å². The van der Waals surface area contributed by atoms with Gasteiger partial charge in [-0.2, -0.15) is 5.10 Å². The smallest absolute Gasteiger partial charge is 0.224 e. The number of benzene rings is 1. The molecular formula is C15H19N3O2. The Morgan fingerprint density at radius 3 is 2.75 bits per heavy atom. The molecule has 0 bridgehead atoms. The normalized spacial score (nSPS) is 10.3. The first-order chi connectivity index (χ1) is 9.61. The molecule has 0 spiro atoms. The number of aromatic nitrogens is 2. The maximum absolute atomic E-state index is 12.0. The quantitative estimate of drug-likeness (QED) is 0.874. The Bertz CT molecular complexity index is 585. The van der Waals surface area contributed by atoms with Gasteiger partial charge >= 0.3 is 0 Å². The van der Waals surface area contributed by atoms with Crippen molar-refractivity contribution in [3.05, 3.63) is 46.8 Å². The lowest BCUT2D eigenvalue weighted by molar-refractivity contribution is -0.120. The minimum Gasteiger partial charge on any atom is -0.496 e. The van der Waals surface area contributed by atoms with E-state index >= 15 is 0 Å². The van der Waals surface area contributed by atoms with E-state index in [0.29, 0.717) is 13.0 Å². The SMILES string of the molecule is COc1ccccc1CNC(=O)Cc1c(C)n[nH]c1C. The number of para-hydroxylation sites is 1. The highest BCUT2D eigenvalue weighted by atomic mass is 16.5. The van der Waals surface area contributed by atoms with Crippen LogP contribution in [0.4, 0.5) is 0 Å². The summed E-state index contributed by atoms with van der Waals surface area (Å²) in [6, 6.07) is 7.65. The Hall–Kier alpha value is -2.30. The molecule has 2 rings (SSSR count). The minimum absolute atomic E-state index is 0.0245. The third kappa shape index (κ3) is 3.17. The number of nitrogens with one attached hydrogen (secondary N) is 2. The molecule has 0 aliphatic carbocycles. The Labute approximate surface area is 118 Å². The average Bonchev–Trinajstić information content (AvgIpc) is 2.77. The molecule has 0 radical (unpaired) electrons. The fraction of sp³-hybridized carbons (Fsp3) is 0.333. The molecule has 20 heavy (non-hydrogen) atoms. The van der Waals surface area contributed by atoms with E-state index in [0.717, 1.165) is 28.3 Å². The van der Waals surface area contributed by atoms with Crippen LogP contribution in [-0.4, -0.2) is 23.2 Å². The Kier molecular flexibility index (Phi) is 4.40. The van der Waals surface area contributed by atoms with Gasteiger partial charge in [-0.25, -0.2) is 0 Å². The number of hydrogen-bond acceptors (Lipinski definition) is 3. The van der Waals surface area contributed by atoms with Gasteiger partial charge in [0.15, 0.2) is 0 Å². The summed E-state index contributed by atoms with van der Waals surface area (Å²) in [5.41, 5.74) is 3.73. The molecule has 1 aromatic heterocycles. The molecule has 1 heterocycles. The van der Waals surface area contributed by atoms with E-state index < -0.39 is 0 Å². The van der Waals surface area contributed by atoms with Gasteiger partial charge in [-0.05, 0) is 19.9 Å². The molecule has 1 aromatic carbocycles. The van der Waals surface area contributed by atoms with Crippen LogP contribution in [0, 0.1) is 13.8 Å². The van der Waals surface area contributed by atoms with E-state index in [4.69, 9.17) is 4.74 Å². The summed E-state index contributed by atoms with van der Waals surface area (Å²) < 4.78 is 5.26. The highest BCUT2D eigenvalue weighted by Gasteiger charge is 2.11. The van der Waals surface area contributed by atoms with Crippen LogP contribution in [-0.2, 0) is 17.8 Å². The molecular weight excluding hydrogens is 254 g/mol. The maximum Gasteiger partial charge on any atom is 0.224 e. The van der Waals surface area contributed by atoms with E-state index in [1.807, 2.05) is 38.1 Å². The first-order valence-electron chi connectivity index (χ1n) is 6.51. The highest BCUT2D eigenvalue weighted by Crippen LogP contribution is 2.17. The zero-order valence-electron chi connectivity index (χ0n) is 12.0. The van der Waals surface area contributed by atoms with Gasteiger partial charge < -0.3 is 10.1 Å². The van der Waals surface area contributed by atoms with Crippen LogP contribution < -0.4 is 10.1 Å². The molecule has 0 fully saturated rings. The fourth-order valence-corrected chi connectivity index (χ4v) is 2.10. The van der Waals surface area contributed by atoms with E-state index in [9.17, 15) is 4.79 Å². The Morgan fingerprint density at radius 1 is 1.35 bits per heavy atom. The standard InChI is InChI=1S/C15H19N3O2/c1-10-13(11(2)18-17-10)8-15(19)16-9-12-6-4-5-7-14(12)20-3/h4-7H,8-9H2,1-3H3,(H,16,19)(H,17,18). The summed E-state index contributed by atoms with van der Waals surface area (Å²) in [6.07, 6.45) is 0.337. The second kappa shape index (κ2) is 6.23. The zero-order valence-corrected chi connectivity index (χ0v) is 12.0. The fourth-order valence-electron chi connectivity index (χ4n) is 2.10. The van der Waals surface area contributed by atoms with Crippen LogP contribution in [0.2, 0.25) is 0 Å². The number of methoxy groups -OCH3 is 1. The molecule has 1 amide bonds. The molecule has 2 N–H and O–H groups in total. The van der Waals surface area contributed by atoms with Crippen molar-refractivity contribution in [2.45, 2.75) is 26.8 Å². The largest absolute Gasteiger partial charge is 0.496 e. The third-order valence-corrected chi connectivity index (χ3v) is 3.29. The summed E-state index contributed by atoms with van der Waals surface area (Å²) in [6.45, 7) is 4.27. The van der Waals surface area contributed by atoms with E-state index in [1.54, 1.807) is 7.11 Å². The van der Waals surface area contributed by atoms with Gasteiger partial charge in [0.25, 0.3) is 0 Å². The molecule has 0 unspecified atom stereocenters. The van der Waals surface area contributed by atoms with Crippen LogP contribution >= 0.6 is 0 Å². The van der Waals surface area contributed by atoms with E-state index in [2.05, 4.69) is 15.5 Å². The predicted octanol–water partition coefficient (Wildman–Crippen LogP) is 1.89. The number of carbonyl (C=O) groups excluding carboxylic acids is 1. The predicted molar refractivity (Wildman–Crippen MR) is 76.6 cm³/mol. The Balaban J connectivity index is 1.96. The van der Waals surface area contributed by atoms with Crippen molar-refractivity contribution in [1.29, 1.82) is 0 Å². The van der Waals surface area contributed by atoms with Gasteiger partial charge in [0.05, 0.1) is 19.2 Å². The van der Waals surface area contributed by atoms with Gasteiger partial charge in [0.1, 0.15) is 5.75 Å². The monoisotopic (exact) mass is 273 g/mol. The number of hydrogen-bond donors (Lipinski definition) is 2. The van der Waals surface area contributed by atoms with Gasteiger partial charge in [-0.1, -0.05) is 18.2 Å². The molecule has 0 saturated heterocycles. The van der Waals surface area contributed by atoms with Gasteiger partial charge in [0, 0.05) is 23.4 Å². The van der Waals surface area contributed by atoms with E-state index in [-0.39, 0.29) is 5.91 Å². The zero-order chi connectivity index (χ0) is 14.5. The summed E-state index contributed by atoms with van der Waals surface area (Å²) >= 11 is 0. The summed E-state index contributed by atoms with van der Waals surface area (Å²) in [7, 11) is 1.62. The summed E-state index contributed by atoms with van der Waals surface area (Å²) in [5.74, 6) is 0.756. The van der Waals surface area contributed by atoms with Crippen molar-refractivity contribution in [2.75, 3.05) is 7.11 Å². The molecule has 106 valence electrons. The number of amides is 1. The van der Waals surface area contributed by atoms with Crippen molar-refractivity contribution >= 4 is 5.91 Å². The number of rotatable bonds is 5.